The minimum absolute atomic E-state index is 0.237. The number of hydrogen-bond acceptors (Lipinski definition) is 4. The van der Waals surface area contributed by atoms with Gasteiger partial charge in [0.15, 0.2) is 11.5 Å². The minimum Gasteiger partial charge on any atom is -0.489 e. The molecule has 0 amide bonds. The summed E-state index contributed by atoms with van der Waals surface area (Å²) in [7, 11) is 0. The molecule has 7 heteroatoms. The summed E-state index contributed by atoms with van der Waals surface area (Å²) in [5.74, 6) is 1.28. The lowest BCUT2D eigenvalue weighted by atomic mass is 10.1. The van der Waals surface area contributed by atoms with E-state index in [1.807, 2.05) is 6.92 Å². The zero-order valence-corrected chi connectivity index (χ0v) is 11.5. The summed E-state index contributed by atoms with van der Waals surface area (Å²) in [5, 5.41) is 9.85. The van der Waals surface area contributed by atoms with E-state index in [0.29, 0.717) is 30.3 Å². The van der Waals surface area contributed by atoms with Crippen LogP contribution in [-0.2, 0) is 4.74 Å². The molecule has 2 rings (SSSR count). The van der Waals surface area contributed by atoms with Crippen molar-refractivity contribution in [3.05, 3.63) is 23.8 Å². The van der Waals surface area contributed by atoms with E-state index in [1.54, 1.807) is 18.2 Å². The topological polar surface area (TPSA) is 47.9 Å². The van der Waals surface area contributed by atoms with Gasteiger partial charge in [0.25, 0.3) is 0 Å². The van der Waals surface area contributed by atoms with Crippen molar-refractivity contribution in [3.8, 4) is 11.5 Å². The van der Waals surface area contributed by atoms with Gasteiger partial charge in [0.05, 0.1) is 19.8 Å². The maximum Gasteiger partial charge on any atom is 0.411 e. The molecular formula is C14H17F3O4. The first-order valence-electron chi connectivity index (χ1n) is 6.57. The van der Waals surface area contributed by atoms with Gasteiger partial charge in [-0.3, -0.25) is 0 Å². The Balaban J connectivity index is 1.98. The number of aliphatic hydroxyl groups is 1. The van der Waals surface area contributed by atoms with Crippen molar-refractivity contribution in [1.29, 1.82) is 0 Å². The second-order valence-electron chi connectivity index (χ2n) is 5.08. The first-order valence-corrected chi connectivity index (χ1v) is 6.57. The fourth-order valence-corrected chi connectivity index (χ4v) is 1.86. The molecule has 0 saturated heterocycles. The van der Waals surface area contributed by atoms with Crippen LogP contribution in [0.5, 0.6) is 11.5 Å². The summed E-state index contributed by atoms with van der Waals surface area (Å²) in [4.78, 5) is 0. The predicted octanol–water partition coefficient (Wildman–Crippen LogP) is 2.71. The van der Waals surface area contributed by atoms with Crippen LogP contribution in [0.3, 0.4) is 0 Å². The van der Waals surface area contributed by atoms with E-state index in [-0.39, 0.29) is 5.92 Å². The number of halogens is 3. The Hall–Kier alpha value is -1.47. The summed E-state index contributed by atoms with van der Waals surface area (Å²) in [6, 6.07) is 4.78. The summed E-state index contributed by atoms with van der Waals surface area (Å²) < 4.78 is 51.5. The number of benzene rings is 1. The lowest BCUT2D eigenvalue weighted by molar-refractivity contribution is -0.179. The third kappa shape index (κ3) is 4.78. The molecule has 1 heterocycles. The van der Waals surface area contributed by atoms with Crippen LogP contribution in [0.2, 0.25) is 0 Å². The summed E-state index contributed by atoms with van der Waals surface area (Å²) >= 11 is 0. The van der Waals surface area contributed by atoms with E-state index < -0.39 is 25.5 Å². The van der Waals surface area contributed by atoms with Crippen molar-refractivity contribution in [2.75, 3.05) is 26.4 Å². The third-order valence-corrected chi connectivity index (χ3v) is 2.94. The van der Waals surface area contributed by atoms with Crippen LogP contribution in [0, 0.1) is 5.92 Å². The Bertz CT molecular complexity index is 476. The maximum absolute atomic E-state index is 12.0. The molecule has 1 aromatic rings. The number of hydrogen-bond donors (Lipinski definition) is 1. The number of fused-ring (bicyclic) bond motifs is 1. The normalized spacial score (nSPS) is 20.0. The first kappa shape index (κ1) is 15.9. The van der Waals surface area contributed by atoms with Gasteiger partial charge in [0, 0.05) is 5.92 Å². The van der Waals surface area contributed by atoms with E-state index in [2.05, 4.69) is 4.74 Å². The molecule has 0 saturated carbocycles. The standard InChI is InChI=1S/C14H17F3O4/c1-9-5-20-12-3-2-10(4-13(12)21-6-9)11(18)7-19-8-14(15,16)17/h2-4,9,11,18H,5-8H2,1H3. The van der Waals surface area contributed by atoms with Gasteiger partial charge in [0.2, 0.25) is 0 Å². The lowest BCUT2D eigenvalue weighted by Gasteiger charge is -2.15. The molecule has 0 spiro atoms. The molecule has 2 atom stereocenters. The fraction of sp³-hybridized carbons (Fsp3) is 0.571. The molecule has 0 aromatic heterocycles. The van der Waals surface area contributed by atoms with E-state index in [9.17, 15) is 18.3 Å². The van der Waals surface area contributed by atoms with Crippen LogP contribution >= 0.6 is 0 Å². The Kier molecular flexibility index (Phi) is 4.95. The molecule has 0 aliphatic carbocycles. The number of rotatable bonds is 4. The Labute approximate surface area is 120 Å². The number of aliphatic hydroxyl groups excluding tert-OH is 1. The van der Waals surface area contributed by atoms with Crippen molar-refractivity contribution in [1.82, 2.24) is 0 Å². The smallest absolute Gasteiger partial charge is 0.411 e. The monoisotopic (exact) mass is 306 g/mol. The van der Waals surface area contributed by atoms with E-state index in [0.717, 1.165) is 0 Å². The maximum atomic E-state index is 12.0. The van der Waals surface area contributed by atoms with Crippen LogP contribution in [0.15, 0.2) is 18.2 Å². The van der Waals surface area contributed by atoms with E-state index >= 15 is 0 Å². The van der Waals surface area contributed by atoms with Crippen LogP contribution in [0.25, 0.3) is 0 Å². The largest absolute Gasteiger partial charge is 0.489 e. The van der Waals surface area contributed by atoms with Gasteiger partial charge in [-0.15, -0.1) is 0 Å². The van der Waals surface area contributed by atoms with Crippen LogP contribution in [0.1, 0.15) is 18.6 Å². The Morgan fingerprint density at radius 3 is 2.62 bits per heavy atom. The second kappa shape index (κ2) is 6.53. The molecular weight excluding hydrogens is 289 g/mol. The van der Waals surface area contributed by atoms with Gasteiger partial charge < -0.3 is 19.3 Å². The van der Waals surface area contributed by atoms with Crippen LogP contribution in [-0.4, -0.2) is 37.7 Å². The quantitative estimate of drug-likeness (QED) is 0.929. The second-order valence-corrected chi connectivity index (χ2v) is 5.08. The minimum atomic E-state index is -4.40. The van der Waals surface area contributed by atoms with Gasteiger partial charge in [0.1, 0.15) is 12.7 Å². The van der Waals surface area contributed by atoms with Crippen molar-refractivity contribution < 1.29 is 32.5 Å². The zero-order valence-electron chi connectivity index (χ0n) is 11.5. The lowest BCUT2D eigenvalue weighted by Crippen LogP contribution is -2.19. The highest BCUT2D eigenvalue weighted by atomic mass is 19.4. The Morgan fingerprint density at radius 1 is 1.29 bits per heavy atom. The Morgan fingerprint density at radius 2 is 1.95 bits per heavy atom. The molecule has 118 valence electrons. The van der Waals surface area contributed by atoms with Gasteiger partial charge in [-0.1, -0.05) is 13.0 Å². The van der Waals surface area contributed by atoms with Crippen molar-refractivity contribution in [3.63, 3.8) is 0 Å². The summed E-state index contributed by atoms with van der Waals surface area (Å²) in [5.41, 5.74) is 0.425. The van der Waals surface area contributed by atoms with Gasteiger partial charge in [-0.25, -0.2) is 0 Å². The average Bonchev–Trinajstić information content (AvgIpc) is 2.59. The molecule has 1 aromatic carbocycles. The molecule has 2 unspecified atom stereocenters. The van der Waals surface area contributed by atoms with Crippen molar-refractivity contribution in [2.45, 2.75) is 19.2 Å². The molecule has 21 heavy (non-hydrogen) atoms. The van der Waals surface area contributed by atoms with Crippen molar-refractivity contribution >= 4 is 0 Å². The molecule has 0 bridgehead atoms. The highest BCUT2D eigenvalue weighted by Gasteiger charge is 2.28. The predicted molar refractivity (Wildman–Crippen MR) is 68.4 cm³/mol. The molecule has 0 radical (unpaired) electrons. The fourth-order valence-electron chi connectivity index (χ4n) is 1.86. The van der Waals surface area contributed by atoms with E-state index in [1.165, 1.54) is 0 Å². The molecule has 1 N–H and O–H groups in total. The van der Waals surface area contributed by atoms with Gasteiger partial charge in [-0.05, 0) is 17.7 Å². The highest BCUT2D eigenvalue weighted by Crippen LogP contribution is 2.33. The third-order valence-electron chi connectivity index (χ3n) is 2.94. The summed E-state index contributed by atoms with van der Waals surface area (Å²) in [6.45, 7) is 1.18. The molecule has 4 nitrogen and oxygen atoms in total. The van der Waals surface area contributed by atoms with Crippen LogP contribution < -0.4 is 9.47 Å². The highest BCUT2D eigenvalue weighted by molar-refractivity contribution is 5.44. The van der Waals surface area contributed by atoms with Gasteiger partial charge >= 0.3 is 6.18 Å². The average molecular weight is 306 g/mol. The first-order chi connectivity index (χ1) is 9.85. The number of ether oxygens (including phenoxy) is 3. The molecule has 1 aliphatic rings. The SMILES string of the molecule is CC1COc2ccc(C(O)COCC(F)(F)F)cc2OC1. The molecule has 0 fully saturated rings. The van der Waals surface area contributed by atoms with Crippen molar-refractivity contribution in [2.24, 2.45) is 5.92 Å². The van der Waals surface area contributed by atoms with Crippen LogP contribution in [0.4, 0.5) is 13.2 Å². The zero-order chi connectivity index (χ0) is 15.5. The number of alkyl halides is 3. The van der Waals surface area contributed by atoms with E-state index in [4.69, 9.17) is 9.47 Å². The summed E-state index contributed by atoms with van der Waals surface area (Å²) in [6.07, 6.45) is -5.55. The molecule has 1 aliphatic heterocycles. The van der Waals surface area contributed by atoms with Gasteiger partial charge in [-0.2, -0.15) is 13.2 Å².